The highest BCUT2D eigenvalue weighted by molar-refractivity contribution is 5.88. The molecule has 1 aliphatic heterocycles. The second-order valence-electron chi connectivity index (χ2n) is 5.93. The van der Waals surface area contributed by atoms with Crippen molar-refractivity contribution in [3.05, 3.63) is 0 Å². The third-order valence-corrected chi connectivity index (χ3v) is 4.92. The van der Waals surface area contributed by atoms with Gasteiger partial charge in [-0.1, -0.05) is 13.8 Å². The molecule has 0 spiro atoms. The van der Waals surface area contributed by atoms with Gasteiger partial charge in [0, 0.05) is 5.54 Å². The number of hydrogen-bond acceptors (Lipinski definition) is 1. The molecule has 1 N–H and O–H groups in total. The van der Waals surface area contributed by atoms with Crippen LogP contribution in [0.25, 0.3) is 0 Å². The molecule has 0 aromatic heterocycles. The third kappa shape index (κ3) is 0.733. The zero-order valence-corrected chi connectivity index (χ0v) is 8.55. The van der Waals surface area contributed by atoms with Crippen LogP contribution in [0.2, 0.25) is 0 Å². The van der Waals surface area contributed by atoms with Crippen LogP contribution in [0.5, 0.6) is 0 Å². The van der Waals surface area contributed by atoms with Crippen molar-refractivity contribution in [1.82, 2.24) is 5.32 Å². The summed E-state index contributed by atoms with van der Waals surface area (Å²) in [4.78, 5) is 11.3. The van der Waals surface area contributed by atoms with Crippen molar-refractivity contribution in [2.75, 3.05) is 0 Å². The Balaban J connectivity index is 1.87. The van der Waals surface area contributed by atoms with E-state index in [0.29, 0.717) is 17.2 Å². The molecule has 3 fully saturated rings. The van der Waals surface area contributed by atoms with E-state index < -0.39 is 0 Å². The summed E-state index contributed by atoms with van der Waals surface area (Å²) in [6.45, 7) is 6.91. The Kier molecular flexibility index (Phi) is 1.08. The predicted octanol–water partition coefficient (Wildman–Crippen LogP) is 1.56. The summed E-state index contributed by atoms with van der Waals surface area (Å²) in [6.07, 6.45) is 2.35. The Morgan fingerprint density at radius 1 is 1.31 bits per heavy atom. The van der Waals surface area contributed by atoms with E-state index in [-0.39, 0.29) is 5.54 Å². The number of fused-ring (bicyclic) bond motifs is 2. The summed E-state index contributed by atoms with van der Waals surface area (Å²) in [5, 5.41) is 3.08. The standard InChI is InChI=1S/C11H17NO/c1-10(2)6-4-7-9(13)12-11(7,3)5-8(6)10/h6-8H,4-5H2,1-3H3,(H,12,13)/t6-,7+,8-,11+/m1/s1. The molecular formula is C11H17NO. The Morgan fingerprint density at radius 3 is 2.62 bits per heavy atom. The van der Waals surface area contributed by atoms with Gasteiger partial charge < -0.3 is 5.32 Å². The molecule has 3 aliphatic rings. The molecule has 0 unspecified atom stereocenters. The smallest absolute Gasteiger partial charge is 0.225 e. The van der Waals surface area contributed by atoms with Crippen LogP contribution in [-0.2, 0) is 4.79 Å². The first-order valence-electron chi connectivity index (χ1n) is 5.27. The zero-order chi connectivity index (χ0) is 9.43. The Labute approximate surface area is 79.1 Å². The minimum atomic E-state index is 0.159. The molecule has 1 heterocycles. The van der Waals surface area contributed by atoms with Crippen molar-refractivity contribution in [1.29, 1.82) is 0 Å². The summed E-state index contributed by atoms with van der Waals surface area (Å²) in [5.74, 6) is 2.32. The number of hydrogen-bond donors (Lipinski definition) is 1. The Morgan fingerprint density at radius 2 is 2.00 bits per heavy atom. The van der Waals surface area contributed by atoms with E-state index in [1.807, 2.05) is 0 Å². The van der Waals surface area contributed by atoms with Crippen molar-refractivity contribution in [3.8, 4) is 0 Å². The quantitative estimate of drug-likeness (QED) is 0.562. The molecule has 2 nitrogen and oxygen atoms in total. The molecule has 1 amide bonds. The molecule has 0 aromatic rings. The third-order valence-electron chi connectivity index (χ3n) is 4.92. The number of carbonyl (C=O) groups is 1. The molecular weight excluding hydrogens is 162 g/mol. The molecule has 2 saturated carbocycles. The van der Waals surface area contributed by atoms with Gasteiger partial charge in [-0.3, -0.25) is 4.79 Å². The number of nitrogens with one attached hydrogen (secondary N) is 1. The monoisotopic (exact) mass is 179 g/mol. The summed E-state index contributed by atoms with van der Waals surface area (Å²) in [6, 6.07) is 0. The molecule has 0 radical (unpaired) electrons. The number of amides is 1. The molecule has 4 atom stereocenters. The molecule has 13 heavy (non-hydrogen) atoms. The maximum Gasteiger partial charge on any atom is 0.225 e. The van der Waals surface area contributed by atoms with Crippen LogP contribution in [-0.4, -0.2) is 11.4 Å². The number of carbonyl (C=O) groups excluding carboxylic acids is 1. The van der Waals surface area contributed by atoms with Crippen molar-refractivity contribution in [2.24, 2.45) is 23.2 Å². The molecule has 2 heteroatoms. The van der Waals surface area contributed by atoms with Crippen LogP contribution in [0.3, 0.4) is 0 Å². The average Bonchev–Trinajstić information content (AvgIpc) is 2.50. The first kappa shape index (κ1) is 7.84. The molecule has 72 valence electrons. The molecule has 0 aromatic carbocycles. The van der Waals surface area contributed by atoms with Gasteiger partial charge in [0.05, 0.1) is 5.92 Å². The lowest BCUT2D eigenvalue weighted by Gasteiger charge is -2.49. The van der Waals surface area contributed by atoms with Crippen molar-refractivity contribution < 1.29 is 4.79 Å². The maximum absolute atomic E-state index is 11.3. The Hall–Kier alpha value is -0.530. The van der Waals surface area contributed by atoms with Crippen LogP contribution in [0, 0.1) is 23.2 Å². The molecule has 0 bridgehead atoms. The lowest BCUT2D eigenvalue weighted by Crippen LogP contribution is -2.68. The van der Waals surface area contributed by atoms with Crippen molar-refractivity contribution in [2.45, 2.75) is 39.2 Å². The largest absolute Gasteiger partial charge is 0.350 e. The van der Waals surface area contributed by atoms with Crippen LogP contribution in [0.4, 0.5) is 0 Å². The first-order valence-corrected chi connectivity index (χ1v) is 5.27. The minimum Gasteiger partial charge on any atom is -0.350 e. The highest BCUT2D eigenvalue weighted by atomic mass is 16.2. The zero-order valence-electron chi connectivity index (χ0n) is 8.55. The van der Waals surface area contributed by atoms with E-state index in [2.05, 4.69) is 26.1 Å². The van der Waals surface area contributed by atoms with Gasteiger partial charge in [0.1, 0.15) is 0 Å². The van der Waals surface area contributed by atoms with Crippen LogP contribution in [0.15, 0.2) is 0 Å². The molecule has 2 aliphatic carbocycles. The number of rotatable bonds is 0. The molecule has 3 rings (SSSR count). The summed E-state index contributed by atoms with van der Waals surface area (Å²) >= 11 is 0. The van der Waals surface area contributed by atoms with Gasteiger partial charge in [0.25, 0.3) is 0 Å². The van der Waals surface area contributed by atoms with Crippen molar-refractivity contribution in [3.63, 3.8) is 0 Å². The topological polar surface area (TPSA) is 29.1 Å². The van der Waals surface area contributed by atoms with Crippen LogP contribution < -0.4 is 5.32 Å². The first-order chi connectivity index (χ1) is 5.95. The fourth-order valence-electron chi connectivity index (χ4n) is 3.67. The van der Waals surface area contributed by atoms with E-state index in [4.69, 9.17) is 0 Å². The normalized spacial score (nSPS) is 55.6. The predicted molar refractivity (Wildman–Crippen MR) is 50.0 cm³/mol. The van der Waals surface area contributed by atoms with E-state index >= 15 is 0 Å². The highest BCUT2D eigenvalue weighted by Gasteiger charge is 2.68. The van der Waals surface area contributed by atoms with E-state index in [1.165, 1.54) is 6.42 Å². The van der Waals surface area contributed by atoms with Gasteiger partial charge in [-0.05, 0) is 37.0 Å². The summed E-state index contributed by atoms with van der Waals surface area (Å²) < 4.78 is 0. The van der Waals surface area contributed by atoms with Gasteiger partial charge in [-0.25, -0.2) is 0 Å². The van der Waals surface area contributed by atoms with E-state index in [9.17, 15) is 4.79 Å². The lowest BCUT2D eigenvalue weighted by molar-refractivity contribution is -0.143. The van der Waals surface area contributed by atoms with Gasteiger partial charge in [0.2, 0.25) is 5.91 Å². The molecule has 1 saturated heterocycles. The summed E-state index contributed by atoms with van der Waals surface area (Å²) in [7, 11) is 0. The second-order valence-corrected chi connectivity index (χ2v) is 5.93. The fraction of sp³-hybridized carbons (Fsp3) is 0.909. The average molecular weight is 179 g/mol. The number of β-lactam (4-membered cyclic amide) rings is 1. The van der Waals surface area contributed by atoms with Gasteiger partial charge >= 0.3 is 0 Å². The van der Waals surface area contributed by atoms with Gasteiger partial charge in [-0.2, -0.15) is 0 Å². The van der Waals surface area contributed by atoms with E-state index in [0.717, 1.165) is 18.3 Å². The Bertz CT molecular complexity index is 296. The minimum absolute atomic E-state index is 0.159. The van der Waals surface area contributed by atoms with E-state index in [1.54, 1.807) is 0 Å². The van der Waals surface area contributed by atoms with Gasteiger partial charge in [-0.15, -0.1) is 0 Å². The lowest BCUT2D eigenvalue weighted by atomic mass is 9.68. The fourth-order valence-corrected chi connectivity index (χ4v) is 3.67. The van der Waals surface area contributed by atoms with Crippen LogP contribution >= 0.6 is 0 Å². The highest BCUT2D eigenvalue weighted by Crippen LogP contribution is 2.68. The van der Waals surface area contributed by atoms with Crippen LogP contribution in [0.1, 0.15) is 33.6 Å². The van der Waals surface area contributed by atoms with Gasteiger partial charge in [0.15, 0.2) is 0 Å². The SMILES string of the molecule is CC1(C)[C@@H]2C[C@H]3C(=O)N[C@@]3(C)C[C@H]21. The van der Waals surface area contributed by atoms with Crippen molar-refractivity contribution >= 4 is 5.91 Å². The summed E-state index contributed by atoms with van der Waals surface area (Å²) in [5.41, 5.74) is 0.675. The second kappa shape index (κ2) is 1.79. The maximum atomic E-state index is 11.3.